The summed E-state index contributed by atoms with van der Waals surface area (Å²) < 4.78 is 5.29. The van der Waals surface area contributed by atoms with Crippen molar-refractivity contribution in [2.75, 3.05) is 6.61 Å². The van der Waals surface area contributed by atoms with Crippen LogP contribution in [0.15, 0.2) is 12.2 Å². The molecule has 1 N–H and O–H groups in total. The highest BCUT2D eigenvalue weighted by Gasteiger charge is 2.55. The molecule has 0 heterocycles. The molecule has 0 amide bonds. The van der Waals surface area contributed by atoms with E-state index in [4.69, 9.17) is 9.84 Å². The molecule has 0 aromatic carbocycles. The van der Waals surface area contributed by atoms with Gasteiger partial charge in [0.25, 0.3) is 0 Å². The van der Waals surface area contributed by atoms with Gasteiger partial charge in [0, 0.05) is 0 Å². The van der Waals surface area contributed by atoms with Gasteiger partial charge in [0.15, 0.2) is 0 Å². The van der Waals surface area contributed by atoms with Crippen molar-refractivity contribution < 1.29 is 19.4 Å². The van der Waals surface area contributed by atoms with E-state index in [0.717, 1.165) is 19.3 Å². The van der Waals surface area contributed by atoms with E-state index in [9.17, 15) is 9.59 Å². The Morgan fingerprint density at radius 2 is 2.22 bits per heavy atom. The SMILES string of the molecule is CCCCOC(=O)C1(CC(=O)O)CC2C=CC1C2. The van der Waals surface area contributed by atoms with Crippen molar-refractivity contribution in [3.63, 3.8) is 0 Å². The second-order valence-electron chi connectivity index (χ2n) is 5.41. The first kappa shape index (κ1) is 13.1. The van der Waals surface area contributed by atoms with Crippen molar-refractivity contribution in [1.82, 2.24) is 0 Å². The summed E-state index contributed by atoms with van der Waals surface area (Å²) in [7, 11) is 0. The van der Waals surface area contributed by atoms with Gasteiger partial charge in [-0.25, -0.2) is 0 Å². The molecule has 0 aliphatic heterocycles. The molecule has 3 atom stereocenters. The average molecular weight is 252 g/mol. The molecule has 0 radical (unpaired) electrons. The van der Waals surface area contributed by atoms with E-state index in [2.05, 4.69) is 6.08 Å². The van der Waals surface area contributed by atoms with Gasteiger partial charge in [0.1, 0.15) is 0 Å². The van der Waals surface area contributed by atoms with E-state index in [0.29, 0.717) is 18.9 Å². The number of carbonyl (C=O) groups is 2. The maximum Gasteiger partial charge on any atom is 0.313 e. The van der Waals surface area contributed by atoms with E-state index in [1.54, 1.807) is 0 Å². The first-order chi connectivity index (χ1) is 8.58. The molecule has 100 valence electrons. The van der Waals surface area contributed by atoms with Crippen molar-refractivity contribution in [3.05, 3.63) is 12.2 Å². The lowest BCUT2D eigenvalue weighted by atomic mass is 9.73. The van der Waals surface area contributed by atoms with Crippen LogP contribution in [-0.2, 0) is 14.3 Å². The molecule has 3 unspecified atom stereocenters. The number of allylic oxidation sites excluding steroid dienone is 2. The Labute approximate surface area is 107 Å². The molecule has 4 heteroatoms. The lowest BCUT2D eigenvalue weighted by molar-refractivity contribution is -0.163. The second-order valence-corrected chi connectivity index (χ2v) is 5.41. The molecule has 0 spiro atoms. The van der Waals surface area contributed by atoms with E-state index >= 15 is 0 Å². The van der Waals surface area contributed by atoms with Gasteiger partial charge in [-0.05, 0) is 31.1 Å². The second kappa shape index (κ2) is 5.12. The lowest BCUT2D eigenvalue weighted by Crippen LogP contribution is -2.39. The van der Waals surface area contributed by atoms with Crippen LogP contribution in [0, 0.1) is 17.3 Å². The zero-order chi connectivity index (χ0) is 13.2. The van der Waals surface area contributed by atoms with E-state index in [1.807, 2.05) is 13.0 Å². The number of esters is 1. The van der Waals surface area contributed by atoms with Gasteiger partial charge in [-0.15, -0.1) is 0 Å². The van der Waals surface area contributed by atoms with Crippen LogP contribution in [0.4, 0.5) is 0 Å². The van der Waals surface area contributed by atoms with Crippen molar-refractivity contribution in [2.24, 2.45) is 17.3 Å². The smallest absolute Gasteiger partial charge is 0.313 e. The minimum Gasteiger partial charge on any atom is -0.481 e. The highest BCUT2D eigenvalue weighted by atomic mass is 16.5. The maximum absolute atomic E-state index is 12.2. The first-order valence-corrected chi connectivity index (χ1v) is 6.66. The van der Waals surface area contributed by atoms with Crippen molar-refractivity contribution in [1.29, 1.82) is 0 Å². The summed E-state index contributed by atoms with van der Waals surface area (Å²) in [5, 5.41) is 9.06. The number of aliphatic carboxylic acids is 1. The third-order valence-corrected chi connectivity index (χ3v) is 4.11. The Morgan fingerprint density at radius 1 is 1.44 bits per heavy atom. The molecule has 2 rings (SSSR count). The molecule has 0 saturated heterocycles. The summed E-state index contributed by atoms with van der Waals surface area (Å²) in [6, 6.07) is 0. The van der Waals surface area contributed by atoms with Crippen LogP contribution in [0.5, 0.6) is 0 Å². The Kier molecular flexibility index (Phi) is 3.73. The van der Waals surface area contributed by atoms with Crippen LogP contribution in [-0.4, -0.2) is 23.7 Å². The highest BCUT2D eigenvalue weighted by molar-refractivity contribution is 5.84. The third-order valence-electron chi connectivity index (χ3n) is 4.11. The summed E-state index contributed by atoms with van der Waals surface area (Å²) in [6.07, 6.45) is 7.32. The van der Waals surface area contributed by atoms with Crippen molar-refractivity contribution in [2.45, 2.75) is 39.0 Å². The molecule has 2 bridgehead atoms. The van der Waals surface area contributed by atoms with Crippen LogP contribution in [0.3, 0.4) is 0 Å². The minimum absolute atomic E-state index is 0.0488. The fourth-order valence-electron chi connectivity index (χ4n) is 3.19. The first-order valence-electron chi connectivity index (χ1n) is 6.66. The summed E-state index contributed by atoms with van der Waals surface area (Å²) in [5.41, 5.74) is -0.807. The summed E-state index contributed by atoms with van der Waals surface area (Å²) in [4.78, 5) is 23.3. The molecule has 1 fully saturated rings. The molecule has 4 nitrogen and oxygen atoms in total. The highest BCUT2D eigenvalue weighted by Crippen LogP contribution is 2.54. The van der Waals surface area contributed by atoms with Gasteiger partial charge in [-0.3, -0.25) is 9.59 Å². The summed E-state index contributed by atoms with van der Waals surface area (Å²) >= 11 is 0. The van der Waals surface area contributed by atoms with Gasteiger partial charge in [-0.2, -0.15) is 0 Å². The topological polar surface area (TPSA) is 63.6 Å². The largest absolute Gasteiger partial charge is 0.481 e. The van der Waals surface area contributed by atoms with Gasteiger partial charge in [-0.1, -0.05) is 25.5 Å². The zero-order valence-corrected chi connectivity index (χ0v) is 10.7. The Bertz CT molecular complexity index is 374. The Morgan fingerprint density at radius 3 is 2.72 bits per heavy atom. The number of rotatable bonds is 6. The Hall–Kier alpha value is -1.32. The molecule has 1 saturated carbocycles. The maximum atomic E-state index is 12.2. The van der Waals surface area contributed by atoms with Gasteiger partial charge >= 0.3 is 11.9 Å². The molecular formula is C14H20O4. The van der Waals surface area contributed by atoms with Gasteiger partial charge in [0.05, 0.1) is 18.4 Å². The molecule has 0 aromatic rings. The Balaban J connectivity index is 2.08. The van der Waals surface area contributed by atoms with Crippen molar-refractivity contribution >= 4 is 11.9 Å². The van der Waals surface area contributed by atoms with Crippen LogP contribution < -0.4 is 0 Å². The third kappa shape index (κ3) is 2.28. The number of hydrogen-bond acceptors (Lipinski definition) is 3. The predicted molar refractivity (Wildman–Crippen MR) is 65.9 cm³/mol. The van der Waals surface area contributed by atoms with Gasteiger partial charge in [0.2, 0.25) is 0 Å². The molecular weight excluding hydrogens is 232 g/mol. The fourth-order valence-corrected chi connectivity index (χ4v) is 3.19. The number of carboxylic acid groups (broad SMARTS) is 1. The molecule has 18 heavy (non-hydrogen) atoms. The quantitative estimate of drug-likeness (QED) is 0.448. The van der Waals surface area contributed by atoms with E-state index in [1.165, 1.54) is 0 Å². The molecule has 2 aliphatic rings. The number of unbranched alkanes of at least 4 members (excludes halogenated alkanes) is 1. The van der Waals surface area contributed by atoms with Crippen LogP contribution in [0.25, 0.3) is 0 Å². The average Bonchev–Trinajstić information content (AvgIpc) is 2.89. The van der Waals surface area contributed by atoms with Crippen LogP contribution in [0.2, 0.25) is 0 Å². The zero-order valence-electron chi connectivity index (χ0n) is 10.7. The number of fused-ring (bicyclic) bond motifs is 2. The minimum atomic E-state index is -0.914. The summed E-state index contributed by atoms with van der Waals surface area (Å²) in [5.74, 6) is -0.820. The monoisotopic (exact) mass is 252 g/mol. The van der Waals surface area contributed by atoms with Crippen molar-refractivity contribution in [3.8, 4) is 0 Å². The standard InChI is InChI=1S/C14H20O4/c1-2-3-6-18-13(17)14(9-12(15)16)8-10-4-5-11(14)7-10/h4-5,10-11H,2-3,6-9H2,1H3,(H,15,16). The number of ether oxygens (including phenoxy) is 1. The fraction of sp³-hybridized carbons (Fsp3) is 0.714. The van der Waals surface area contributed by atoms with Crippen LogP contribution in [0.1, 0.15) is 39.0 Å². The van der Waals surface area contributed by atoms with Crippen LogP contribution >= 0.6 is 0 Å². The number of carbonyl (C=O) groups excluding carboxylic acids is 1. The molecule has 2 aliphatic carbocycles. The van der Waals surface area contributed by atoms with E-state index < -0.39 is 11.4 Å². The predicted octanol–water partition coefficient (Wildman–Crippen LogP) is 2.39. The molecule has 0 aromatic heterocycles. The number of hydrogen-bond donors (Lipinski definition) is 1. The lowest BCUT2D eigenvalue weighted by Gasteiger charge is -2.31. The van der Waals surface area contributed by atoms with E-state index in [-0.39, 0.29) is 18.3 Å². The normalized spacial score (nSPS) is 32.7. The van der Waals surface area contributed by atoms with Gasteiger partial charge < -0.3 is 9.84 Å². The summed E-state index contributed by atoms with van der Waals surface area (Å²) in [6.45, 7) is 2.43. The number of carboxylic acids is 1.